The van der Waals surface area contributed by atoms with Gasteiger partial charge < -0.3 is 10.0 Å². The van der Waals surface area contributed by atoms with E-state index in [-0.39, 0.29) is 0 Å². The predicted molar refractivity (Wildman–Crippen MR) is 84.0 cm³/mol. The standard InChI is InChI=1S/C16H30N4O/c1-3-4-5-6-9-19-10-7-15(8-11-19)12-20-13-16(14(2)21)17-18-20/h13-15,21H,3-12H2,1-2H3. The molecule has 0 aromatic carbocycles. The summed E-state index contributed by atoms with van der Waals surface area (Å²) in [5.41, 5.74) is 0.670. The number of rotatable bonds is 8. The monoisotopic (exact) mass is 294 g/mol. The first kappa shape index (κ1) is 16.4. The van der Waals surface area contributed by atoms with Gasteiger partial charge in [-0.25, -0.2) is 0 Å². The highest BCUT2D eigenvalue weighted by Crippen LogP contribution is 2.20. The Hall–Kier alpha value is -0.940. The summed E-state index contributed by atoms with van der Waals surface area (Å²) in [7, 11) is 0. The third-order valence-electron chi connectivity index (χ3n) is 4.46. The quantitative estimate of drug-likeness (QED) is 0.749. The van der Waals surface area contributed by atoms with Crippen LogP contribution in [0.5, 0.6) is 0 Å². The van der Waals surface area contributed by atoms with Crippen LogP contribution in [-0.2, 0) is 6.54 Å². The molecule has 1 fully saturated rings. The molecule has 1 atom stereocenters. The lowest BCUT2D eigenvalue weighted by Crippen LogP contribution is -2.35. The summed E-state index contributed by atoms with van der Waals surface area (Å²) in [4.78, 5) is 2.61. The van der Waals surface area contributed by atoms with E-state index in [1.165, 1.54) is 58.2 Å². The van der Waals surface area contributed by atoms with Crippen molar-refractivity contribution in [3.05, 3.63) is 11.9 Å². The van der Waals surface area contributed by atoms with Gasteiger partial charge in [0.1, 0.15) is 5.69 Å². The van der Waals surface area contributed by atoms with Crippen LogP contribution in [0, 0.1) is 5.92 Å². The number of aliphatic hydroxyl groups is 1. The average molecular weight is 294 g/mol. The predicted octanol–water partition coefficient (Wildman–Crippen LogP) is 2.62. The van der Waals surface area contributed by atoms with Crippen molar-refractivity contribution in [2.24, 2.45) is 5.92 Å². The van der Waals surface area contributed by atoms with E-state index in [0.717, 1.165) is 6.54 Å². The largest absolute Gasteiger partial charge is 0.387 e. The van der Waals surface area contributed by atoms with E-state index in [1.807, 2.05) is 10.9 Å². The van der Waals surface area contributed by atoms with Crippen LogP contribution in [0.4, 0.5) is 0 Å². The van der Waals surface area contributed by atoms with E-state index in [1.54, 1.807) is 6.92 Å². The Morgan fingerprint density at radius 3 is 2.67 bits per heavy atom. The van der Waals surface area contributed by atoms with Gasteiger partial charge in [0.15, 0.2) is 0 Å². The van der Waals surface area contributed by atoms with Crippen LogP contribution < -0.4 is 0 Å². The molecule has 0 radical (unpaired) electrons. The molecular weight excluding hydrogens is 264 g/mol. The van der Waals surface area contributed by atoms with Crippen molar-refractivity contribution in [2.45, 2.75) is 65.0 Å². The molecule has 2 rings (SSSR count). The van der Waals surface area contributed by atoms with Crippen LogP contribution >= 0.6 is 0 Å². The van der Waals surface area contributed by atoms with Gasteiger partial charge in [0.25, 0.3) is 0 Å². The lowest BCUT2D eigenvalue weighted by atomic mass is 9.96. The van der Waals surface area contributed by atoms with Crippen molar-refractivity contribution in [1.82, 2.24) is 19.9 Å². The second-order valence-electron chi connectivity index (χ2n) is 6.39. The van der Waals surface area contributed by atoms with Crippen molar-refractivity contribution in [1.29, 1.82) is 0 Å². The molecule has 1 saturated heterocycles. The highest BCUT2D eigenvalue weighted by atomic mass is 16.3. The summed E-state index contributed by atoms with van der Waals surface area (Å²) in [5.74, 6) is 0.695. The molecule has 1 N–H and O–H groups in total. The maximum Gasteiger partial charge on any atom is 0.111 e. The fourth-order valence-electron chi connectivity index (χ4n) is 3.01. The third-order valence-corrected chi connectivity index (χ3v) is 4.46. The Morgan fingerprint density at radius 1 is 1.29 bits per heavy atom. The third kappa shape index (κ3) is 5.40. The molecule has 21 heavy (non-hydrogen) atoms. The SMILES string of the molecule is CCCCCCN1CCC(Cn2cc(C(C)O)nn2)CC1. The van der Waals surface area contributed by atoms with Crippen LogP contribution in [0.25, 0.3) is 0 Å². The summed E-state index contributed by atoms with van der Waals surface area (Å²) in [6.45, 7) is 8.62. The molecule has 1 aliphatic heterocycles. The van der Waals surface area contributed by atoms with Crippen LogP contribution in [0.2, 0.25) is 0 Å². The van der Waals surface area contributed by atoms with Crippen LogP contribution in [0.15, 0.2) is 6.20 Å². The van der Waals surface area contributed by atoms with Crippen LogP contribution in [0.3, 0.4) is 0 Å². The Labute approximate surface area is 128 Å². The molecule has 0 amide bonds. The maximum atomic E-state index is 9.48. The number of likely N-dealkylation sites (tertiary alicyclic amines) is 1. The molecular formula is C16H30N4O. The number of aromatic nitrogens is 3. The lowest BCUT2D eigenvalue weighted by molar-refractivity contribution is 0.168. The van der Waals surface area contributed by atoms with Crippen LogP contribution in [-0.4, -0.2) is 44.6 Å². The summed E-state index contributed by atoms with van der Waals surface area (Å²) >= 11 is 0. The Morgan fingerprint density at radius 2 is 2.05 bits per heavy atom. The number of hydrogen-bond donors (Lipinski definition) is 1. The summed E-state index contributed by atoms with van der Waals surface area (Å²) < 4.78 is 1.89. The highest BCUT2D eigenvalue weighted by Gasteiger charge is 2.20. The van der Waals surface area contributed by atoms with Crippen molar-refractivity contribution < 1.29 is 5.11 Å². The van der Waals surface area contributed by atoms with Gasteiger partial charge in [-0.05, 0) is 51.7 Å². The number of hydrogen-bond acceptors (Lipinski definition) is 4. The second kappa shape index (κ2) is 8.49. The van der Waals surface area contributed by atoms with Crippen molar-refractivity contribution in [2.75, 3.05) is 19.6 Å². The molecule has 0 bridgehead atoms. The molecule has 5 heteroatoms. The van der Waals surface area contributed by atoms with E-state index < -0.39 is 6.10 Å². The maximum absolute atomic E-state index is 9.48. The van der Waals surface area contributed by atoms with Crippen LogP contribution in [0.1, 0.15) is 64.2 Å². The number of piperidine rings is 1. The number of unbranched alkanes of at least 4 members (excludes halogenated alkanes) is 3. The minimum Gasteiger partial charge on any atom is -0.387 e. The van der Waals surface area contributed by atoms with Crippen molar-refractivity contribution >= 4 is 0 Å². The fourth-order valence-corrected chi connectivity index (χ4v) is 3.01. The normalized spacial score (nSPS) is 19.0. The molecule has 0 saturated carbocycles. The zero-order chi connectivity index (χ0) is 15.1. The molecule has 0 aliphatic carbocycles. The van der Waals surface area contributed by atoms with Gasteiger partial charge in [-0.1, -0.05) is 31.4 Å². The van der Waals surface area contributed by atoms with Crippen molar-refractivity contribution in [3.63, 3.8) is 0 Å². The summed E-state index contributed by atoms with van der Waals surface area (Å²) in [6.07, 6.45) is 9.25. The van der Waals surface area contributed by atoms with Gasteiger partial charge in [0.2, 0.25) is 0 Å². The number of nitrogens with zero attached hydrogens (tertiary/aromatic N) is 4. The topological polar surface area (TPSA) is 54.2 Å². The highest BCUT2D eigenvalue weighted by molar-refractivity contribution is 4.95. The summed E-state index contributed by atoms with van der Waals surface area (Å²) in [5, 5.41) is 17.6. The molecule has 1 aliphatic rings. The molecule has 1 aromatic heterocycles. The van der Waals surface area contributed by atoms with Gasteiger partial charge in [-0.2, -0.15) is 0 Å². The van der Waals surface area contributed by atoms with Gasteiger partial charge in [-0.15, -0.1) is 5.10 Å². The second-order valence-corrected chi connectivity index (χ2v) is 6.39. The van der Waals surface area contributed by atoms with Gasteiger partial charge >= 0.3 is 0 Å². The number of aliphatic hydroxyl groups excluding tert-OH is 1. The first-order valence-corrected chi connectivity index (χ1v) is 8.49. The Balaban J connectivity index is 1.66. The molecule has 0 spiro atoms. The smallest absolute Gasteiger partial charge is 0.111 e. The van der Waals surface area contributed by atoms with E-state index in [9.17, 15) is 5.11 Å². The molecule has 2 heterocycles. The lowest BCUT2D eigenvalue weighted by Gasteiger charge is -2.31. The van der Waals surface area contributed by atoms with E-state index >= 15 is 0 Å². The Bertz CT molecular complexity index is 397. The molecule has 1 unspecified atom stereocenters. The average Bonchev–Trinajstić information content (AvgIpc) is 2.94. The minimum absolute atomic E-state index is 0.524. The van der Waals surface area contributed by atoms with Gasteiger partial charge in [0.05, 0.1) is 12.3 Å². The van der Waals surface area contributed by atoms with E-state index in [0.29, 0.717) is 11.6 Å². The zero-order valence-corrected chi connectivity index (χ0v) is 13.5. The first-order valence-electron chi connectivity index (χ1n) is 8.49. The zero-order valence-electron chi connectivity index (χ0n) is 13.5. The Kier molecular flexibility index (Phi) is 6.64. The molecule has 1 aromatic rings. The molecule has 5 nitrogen and oxygen atoms in total. The van der Waals surface area contributed by atoms with E-state index in [4.69, 9.17) is 0 Å². The van der Waals surface area contributed by atoms with Gasteiger partial charge in [0, 0.05) is 6.54 Å². The van der Waals surface area contributed by atoms with E-state index in [2.05, 4.69) is 22.1 Å². The minimum atomic E-state index is -0.524. The summed E-state index contributed by atoms with van der Waals surface area (Å²) in [6, 6.07) is 0. The first-order chi connectivity index (χ1) is 10.2. The van der Waals surface area contributed by atoms with Gasteiger partial charge in [-0.3, -0.25) is 4.68 Å². The van der Waals surface area contributed by atoms with Crippen molar-refractivity contribution in [3.8, 4) is 0 Å². The fraction of sp³-hybridized carbons (Fsp3) is 0.875. The molecule has 120 valence electrons.